The maximum Gasteiger partial charge on any atom is 0.00543 e. The molecular weight excluding hydrogens is 424 g/mol. The fraction of sp³-hybridized carbons (Fsp3) is 0.786. The maximum atomic E-state index is 4.49. The first-order valence-corrected chi connectivity index (χ1v) is 6.52. The molecule has 1 heterocycles. The minimum Gasteiger partial charge on any atom is -0.453 e. The van der Waals surface area contributed by atoms with Crippen molar-refractivity contribution in [1.29, 1.82) is 0 Å². The minimum absolute atomic E-state index is 0. The third-order valence-electron chi connectivity index (χ3n) is 4.07. The van der Waals surface area contributed by atoms with Crippen molar-refractivity contribution in [3.05, 3.63) is 19.4 Å². The molecule has 1 saturated heterocycles. The molecule has 0 atom stereocenters. The SMILES string of the molecule is [CH2-]C1(CN2CCN(C)C[C-]2C)CC[CH-]CC1.[La].[Y]. The molecule has 2 fully saturated rings. The van der Waals surface area contributed by atoms with Crippen LogP contribution in [0.2, 0.25) is 0 Å². The van der Waals surface area contributed by atoms with E-state index >= 15 is 0 Å². The molecule has 2 aliphatic rings. The van der Waals surface area contributed by atoms with Crippen LogP contribution in [0.3, 0.4) is 0 Å². The van der Waals surface area contributed by atoms with E-state index < -0.39 is 0 Å². The number of nitrogens with zero attached hydrogens (tertiary/aromatic N) is 2. The van der Waals surface area contributed by atoms with Crippen molar-refractivity contribution in [1.82, 2.24) is 9.80 Å². The average Bonchev–Trinajstić information content (AvgIpc) is 2.23. The Morgan fingerprint density at radius 3 is 2.44 bits per heavy atom. The van der Waals surface area contributed by atoms with E-state index in [1.54, 1.807) is 0 Å². The fourth-order valence-electron chi connectivity index (χ4n) is 2.91. The van der Waals surface area contributed by atoms with Crippen LogP contribution in [0.25, 0.3) is 0 Å². The van der Waals surface area contributed by atoms with E-state index in [0.717, 1.165) is 6.54 Å². The number of rotatable bonds is 2. The summed E-state index contributed by atoms with van der Waals surface area (Å²) in [5.41, 5.74) is 0.311. The van der Waals surface area contributed by atoms with Crippen molar-refractivity contribution in [2.75, 3.05) is 33.2 Å². The number of hydrogen-bond acceptors (Lipinski definition) is 2. The van der Waals surface area contributed by atoms with Crippen molar-refractivity contribution in [2.45, 2.75) is 32.6 Å². The summed E-state index contributed by atoms with van der Waals surface area (Å²) in [6, 6.07) is 1.52. The summed E-state index contributed by atoms with van der Waals surface area (Å²) in [5, 5.41) is 0. The first-order chi connectivity index (χ1) is 7.59. The smallest absolute Gasteiger partial charge is 0.00543 e. The molecule has 2 radical (unpaired) electrons. The molecule has 0 N–H and O–H groups in total. The normalized spacial score (nSPS) is 26.2. The van der Waals surface area contributed by atoms with Gasteiger partial charge in [-0.15, -0.1) is 19.4 Å². The fourth-order valence-corrected chi connectivity index (χ4v) is 2.91. The van der Waals surface area contributed by atoms with Crippen LogP contribution in [-0.2, 0) is 32.7 Å². The van der Waals surface area contributed by atoms with E-state index in [-0.39, 0.29) is 68.3 Å². The monoisotopic (exact) mass is 449 g/mol. The summed E-state index contributed by atoms with van der Waals surface area (Å²) in [6.45, 7) is 11.4. The summed E-state index contributed by atoms with van der Waals surface area (Å²) in [7, 11) is 2.20. The van der Waals surface area contributed by atoms with Crippen LogP contribution in [0.1, 0.15) is 32.6 Å². The minimum atomic E-state index is 0. The molecule has 1 aliphatic heterocycles. The van der Waals surface area contributed by atoms with Gasteiger partial charge in [0.2, 0.25) is 0 Å². The Hall–Kier alpha value is 2.22. The zero-order chi connectivity index (χ0) is 11.6. The van der Waals surface area contributed by atoms with Crippen molar-refractivity contribution in [3.63, 3.8) is 0 Å². The van der Waals surface area contributed by atoms with Gasteiger partial charge >= 0.3 is 0 Å². The number of hydrogen-bond donors (Lipinski definition) is 0. The second-order valence-electron chi connectivity index (χ2n) is 5.76. The largest absolute Gasteiger partial charge is 0.453 e. The van der Waals surface area contributed by atoms with E-state index in [0.29, 0.717) is 5.41 Å². The quantitative estimate of drug-likeness (QED) is 0.598. The van der Waals surface area contributed by atoms with Gasteiger partial charge in [-0.2, -0.15) is 25.2 Å². The van der Waals surface area contributed by atoms with Gasteiger partial charge in [0.15, 0.2) is 0 Å². The van der Waals surface area contributed by atoms with Crippen molar-refractivity contribution in [3.8, 4) is 0 Å². The van der Waals surface area contributed by atoms with Crippen LogP contribution in [0, 0.1) is 60.4 Å². The Morgan fingerprint density at radius 1 is 1.28 bits per heavy atom. The van der Waals surface area contributed by atoms with Gasteiger partial charge in [0, 0.05) is 74.9 Å². The molecule has 0 bridgehead atoms. The van der Waals surface area contributed by atoms with Gasteiger partial charge in [0.1, 0.15) is 0 Å². The van der Waals surface area contributed by atoms with Gasteiger partial charge in [-0.3, -0.25) is 0 Å². The molecule has 0 aromatic carbocycles. The maximum absolute atomic E-state index is 4.49. The third kappa shape index (κ3) is 5.92. The molecule has 100 valence electrons. The van der Waals surface area contributed by atoms with Crippen LogP contribution in [0.5, 0.6) is 0 Å². The second-order valence-corrected chi connectivity index (χ2v) is 5.76. The summed E-state index contributed by atoms with van der Waals surface area (Å²) in [6.07, 6.45) is 7.48. The van der Waals surface area contributed by atoms with Gasteiger partial charge in [-0.05, 0) is 13.6 Å². The van der Waals surface area contributed by atoms with Gasteiger partial charge in [-0.25, -0.2) is 6.04 Å². The van der Waals surface area contributed by atoms with Crippen LogP contribution >= 0.6 is 0 Å². The molecule has 2 rings (SSSR count). The zero-order valence-corrected chi connectivity index (χ0v) is 18.5. The van der Waals surface area contributed by atoms with Crippen LogP contribution < -0.4 is 0 Å². The van der Waals surface area contributed by atoms with E-state index in [1.165, 1.54) is 51.4 Å². The van der Waals surface area contributed by atoms with Gasteiger partial charge in [-0.1, -0.05) is 6.54 Å². The van der Waals surface area contributed by atoms with E-state index in [4.69, 9.17) is 0 Å². The Kier molecular flexibility index (Phi) is 10.4. The molecule has 0 amide bonds. The summed E-state index contributed by atoms with van der Waals surface area (Å²) < 4.78 is 0. The molecule has 0 unspecified atom stereocenters. The predicted octanol–water partition coefficient (Wildman–Crippen LogP) is 2.38. The Morgan fingerprint density at radius 2 is 1.89 bits per heavy atom. The van der Waals surface area contributed by atoms with Crippen molar-refractivity contribution in [2.24, 2.45) is 5.41 Å². The van der Waals surface area contributed by atoms with E-state index in [1.807, 2.05) is 0 Å². The molecule has 2 nitrogen and oxygen atoms in total. The standard InChI is InChI=1S/C14H25N2.La.Y/c1-13-11-15(3)9-10-16(13)12-14(2)7-5-4-6-8-14;;/h4H,2,5-12H2,1,3H3;;/q-3;;. The number of likely N-dealkylation sites (N-methyl/N-ethyl adjacent to an activating group) is 1. The van der Waals surface area contributed by atoms with Crippen molar-refractivity contribution >= 4 is 0 Å². The molecule has 1 saturated carbocycles. The molecule has 0 spiro atoms. The van der Waals surface area contributed by atoms with E-state index in [2.05, 4.69) is 37.1 Å². The van der Waals surface area contributed by atoms with E-state index in [9.17, 15) is 0 Å². The average molecular weight is 449 g/mol. The first kappa shape index (κ1) is 20.2. The molecule has 18 heavy (non-hydrogen) atoms. The summed E-state index contributed by atoms with van der Waals surface area (Å²) >= 11 is 0. The van der Waals surface area contributed by atoms with Crippen LogP contribution in [0.15, 0.2) is 0 Å². The molecule has 0 aromatic rings. The Bertz CT molecular complexity index is 232. The topological polar surface area (TPSA) is 6.48 Å². The Labute approximate surface area is 166 Å². The molecule has 1 aliphatic carbocycles. The first-order valence-electron chi connectivity index (χ1n) is 6.52. The molecule has 4 heteroatoms. The van der Waals surface area contributed by atoms with Crippen LogP contribution in [-0.4, -0.2) is 43.0 Å². The van der Waals surface area contributed by atoms with Crippen LogP contribution in [0.4, 0.5) is 0 Å². The predicted molar refractivity (Wildman–Crippen MR) is 68.5 cm³/mol. The Balaban J connectivity index is 0.00000144. The zero-order valence-electron chi connectivity index (χ0n) is 12.0. The summed E-state index contributed by atoms with van der Waals surface area (Å²) in [4.78, 5) is 4.97. The summed E-state index contributed by atoms with van der Waals surface area (Å²) in [5.74, 6) is 0. The van der Waals surface area contributed by atoms with Gasteiger partial charge < -0.3 is 23.1 Å². The third-order valence-corrected chi connectivity index (χ3v) is 4.07. The molecular formula is C14H25LaN2Y-3. The van der Waals surface area contributed by atoms with Crippen molar-refractivity contribution < 1.29 is 68.3 Å². The molecule has 0 aromatic heterocycles. The van der Waals surface area contributed by atoms with Gasteiger partial charge in [0.25, 0.3) is 0 Å². The number of piperazine rings is 1. The second kappa shape index (κ2) is 9.28. The van der Waals surface area contributed by atoms with Gasteiger partial charge in [0.05, 0.1) is 0 Å².